The number of nitrogens with zero attached hydrogens (tertiary/aromatic N) is 4. The summed E-state index contributed by atoms with van der Waals surface area (Å²) in [5, 5.41) is 9.17. The number of carbonyl (C=O) groups is 2. The van der Waals surface area contributed by atoms with Crippen LogP contribution < -0.4 is 0 Å². The molecule has 3 heterocycles. The quantitative estimate of drug-likeness (QED) is 0.756. The number of aromatic nitrogens is 2. The van der Waals surface area contributed by atoms with Crippen molar-refractivity contribution in [2.24, 2.45) is 0 Å². The fraction of sp³-hybridized carbons (Fsp3) is 0.583. The lowest BCUT2D eigenvalue weighted by molar-refractivity contribution is -0.147. The van der Waals surface area contributed by atoms with Gasteiger partial charge in [-0.25, -0.2) is 14.6 Å². The summed E-state index contributed by atoms with van der Waals surface area (Å²) < 4.78 is 7.14. The van der Waals surface area contributed by atoms with Crippen LogP contribution in [-0.2, 0) is 22.6 Å². The predicted molar refractivity (Wildman–Crippen MR) is 67.0 cm³/mol. The molecule has 2 aliphatic heterocycles. The first kappa shape index (κ1) is 12.9. The lowest BCUT2D eigenvalue weighted by atomic mass is 10.2. The zero-order chi connectivity index (χ0) is 14.1. The molecule has 0 aromatic carbocycles. The maximum absolute atomic E-state index is 12.5. The monoisotopic (exact) mass is 280 g/mol. The largest absolute Gasteiger partial charge is 0.480 e. The van der Waals surface area contributed by atoms with Crippen LogP contribution in [0, 0.1) is 0 Å². The molecule has 20 heavy (non-hydrogen) atoms. The number of imidazole rings is 1. The average Bonchev–Trinajstić information content (AvgIpc) is 2.93. The molecule has 1 aromatic rings. The highest BCUT2D eigenvalue weighted by Gasteiger charge is 2.36. The van der Waals surface area contributed by atoms with Gasteiger partial charge in [0.05, 0.1) is 19.8 Å². The number of carboxylic acids is 1. The molecule has 0 radical (unpaired) electrons. The standard InChI is InChI=1S/C12H16N4O4/c17-11(18)9-8-20-6-5-16(9)12(19)15-4-3-14-2-1-13-10(14)7-15/h1-2,9H,3-8H2,(H,17,18). The number of amides is 2. The highest BCUT2D eigenvalue weighted by atomic mass is 16.5. The van der Waals surface area contributed by atoms with Gasteiger partial charge in [-0.1, -0.05) is 0 Å². The van der Waals surface area contributed by atoms with Gasteiger partial charge in [0.25, 0.3) is 0 Å². The SMILES string of the molecule is O=C(O)C1COCCN1C(=O)N1CCn2ccnc2C1. The van der Waals surface area contributed by atoms with Gasteiger partial charge in [0.2, 0.25) is 0 Å². The van der Waals surface area contributed by atoms with E-state index in [1.165, 1.54) is 4.90 Å². The third-order valence-electron chi connectivity index (χ3n) is 3.67. The van der Waals surface area contributed by atoms with Gasteiger partial charge in [-0.15, -0.1) is 0 Å². The van der Waals surface area contributed by atoms with Crippen molar-refractivity contribution < 1.29 is 19.4 Å². The Morgan fingerprint density at radius 2 is 2.20 bits per heavy atom. The van der Waals surface area contributed by atoms with E-state index in [9.17, 15) is 14.7 Å². The molecule has 1 saturated heterocycles. The van der Waals surface area contributed by atoms with Gasteiger partial charge >= 0.3 is 12.0 Å². The third-order valence-corrected chi connectivity index (χ3v) is 3.67. The van der Waals surface area contributed by atoms with Crippen molar-refractivity contribution in [3.8, 4) is 0 Å². The van der Waals surface area contributed by atoms with Crippen LogP contribution in [0.5, 0.6) is 0 Å². The molecule has 0 saturated carbocycles. The number of ether oxygens (including phenoxy) is 1. The summed E-state index contributed by atoms with van der Waals surface area (Å²) in [5.41, 5.74) is 0. The minimum Gasteiger partial charge on any atom is -0.480 e. The lowest BCUT2D eigenvalue weighted by Crippen LogP contribution is -2.57. The second-order valence-electron chi connectivity index (χ2n) is 4.86. The fourth-order valence-electron chi connectivity index (χ4n) is 2.56. The van der Waals surface area contributed by atoms with Gasteiger partial charge in [-0.3, -0.25) is 0 Å². The van der Waals surface area contributed by atoms with Gasteiger partial charge < -0.3 is 24.2 Å². The van der Waals surface area contributed by atoms with Crippen molar-refractivity contribution in [1.82, 2.24) is 19.4 Å². The summed E-state index contributed by atoms with van der Waals surface area (Å²) in [4.78, 5) is 30.9. The predicted octanol–water partition coefficient (Wildman–Crippen LogP) is -0.396. The molecule has 1 N–H and O–H groups in total. The molecule has 1 aromatic heterocycles. The zero-order valence-corrected chi connectivity index (χ0v) is 10.9. The number of fused-ring (bicyclic) bond motifs is 1. The first-order chi connectivity index (χ1) is 9.66. The summed E-state index contributed by atoms with van der Waals surface area (Å²) in [5.74, 6) is -0.207. The Bertz CT molecular complexity index is 529. The van der Waals surface area contributed by atoms with Crippen molar-refractivity contribution in [3.63, 3.8) is 0 Å². The zero-order valence-electron chi connectivity index (χ0n) is 10.9. The molecule has 0 aliphatic carbocycles. The molecule has 0 bridgehead atoms. The molecular weight excluding hydrogens is 264 g/mol. The molecule has 2 amide bonds. The summed E-state index contributed by atoms with van der Waals surface area (Å²) in [6, 6.07) is -1.16. The summed E-state index contributed by atoms with van der Waals surface area (Å²) in [6.45, 7) is 2.38. The van der Waals surface area contributed by atoms with Crippen molar-refractivity contribution in [2.45, 2.75) is 19.1 Å². The number of rotatable bonds is 1. The average molecular weight is 280 g/mol. The van der Waals surface area contributed by atoms with Crippen LogP contribution in [0.4, 0.5) is 4.79 Å². The third kappa shape index (κ3) is 2.22. The van der Waals surface area contributed by atoms with E-state index in [1.807, 2.05) is 10.8 Å². The van der Waals surface area contributed by atoms with Gasteiger partial charge in [-0.05, 0) is 0 Å². The Hall–Kier alpha value is -2.09. The molecule has 8 nitrogen and oxygen atoms in total. The van der Waals surface area contributed by atoms with Gasteiger partial charge in [-0.2, -0.15) is 0 Å². The highest BCUT2D eigenvalue weighted by Crippen LogP contribution is 2.16. The van der Waals surface area contributed by atoms with Crippen molar-refractivity contribution in [2.75, 3.05) is 26.3 Å². The van der Waals surface area contributed by atoms with E-state index < -0.39 is 12.0 Å². The Morgan fingerprint density at radius 1 is 1.35 bits per heavy atom. The maximum atomic E-state index is 12.5. The normalized spacial score (nSPS) is 22.5. The maximum Gasteiger partial charge on any atom is 0.328 e. The second kappa shape index (κ2) is 5.12. The van der Waals surface area contributed by atoms with E-state index in [1.54, 1.807) is 11.1 Å². The van der Waals surface area contributed by atoms with Crippen LogP contribution in [0.2, 0.25) is 0 Å². The Balaban J connectivity index is 1.73. The number of hydrogen-bond acceptors (Lipinski definition) is 4. The number of hydrogen-bond donors (Lipinski definition) is 1. The summed E-state index contributed by atoms with van der Waals surface area (Å²) in [7, 11) is 0. The van der Waals surface area contributed by atoms with E-state index in [2.05, 4.69) is 4.98 Å². The van der Waals surface area contributed by atoms with Gasteiger partial charge in [0.15, 0.2) is 6.04 Å². The number of carboxylic acid groups (broad SMARTS) is 1. The molecular formula is C12H16N4O4. The fourth-order valence-corrected chi connectivity index (χ4v) is 2.56. The second-order valence-corrected chi connectivity index (χ2v) is 4.86. The van der Waals surface area contributed by atoms with Crippen molar-refractivity contribution >= 4 is 12.0 Å². The van der Waals surface area contributed by atoms with Crippen LogP contribution in [0.25, 0.3) is 0 Å². The molecule has 1 fully saturated rings. The highest BCUT2D eigenvalue weighted by molar-refractivity contribution is 5.83. The topological polar surface area (TPSA) is 87.9 Å². The minimum absolute atomic E-state index is 0.0452. The summed E-state index contributed by atoms with van der Waals surface area (Å²) >= 11 is 0. The van der Waals surface area contributed by atoms with Crippen LogP contribution in [0.15, 0.2) is 12.4 Å². The molecule has 8 heteroatoms. The first-order valence-corrected chi connectivity index (χ1v) is 6.53. The molecule has 1 atom stereocenters. The lowest BCUT2D eigenvalue weighted by Gasteiger charge is -2.38. The molecule has 108 valence electrons. The van der Waals surface area contributed by atoms with E-state index >= 15 is 0 Å². The number of urea groups is 1. The van der Waals surface area contributed by atoms with Crippen LogP contribution in [0.1, 0.15) is 5.82 Å². The van der Waals surface area contributed by atoms with Crippen molar-refractivity contribution in [1.29, 1.82) is 0 Å². The Morgan fingerprint density at radius 3 is 3.00 bits per heavy atom. The Labute approximate surface area is 115 Å². The van der Waals surface area contributed by atoms with Crippen LogP contribution in [-0.4, -0.2) is 68.8 Å². The first-order valence-electron chi connectivity index (χ1n) is 6.53. The number of morpholine rings is 1. The van der Waals surface area contributed by atoms with E-state index in [4.69, 9.17) is 4.74 Å². The number of aliphatic carboxylic acids is 1. The number of carbonyl (C=O) groups excluding carboxylic acids is 1. The smallest absolute Gasteiger partial charge is 0.328 e. The Kier molecular flexibility index (Phi) is 3.31. The van der Waals surface area contributed by atoms with E-state index in [0.29, 0.717) is 32.8 Å². The van der Waals surface area contributed by atoms with Crippen LogP contribution >= 0.6 is 0 Å². The van der Waals surface area contributed by atoms with Gasteiger partial charge in [0.1, 0.15) is 5.82 Å². The van der Waals surface area contributed by atoms with E-state index in [-0.39, 0.29) is 12.6 Å². The molecule has 0 spiro atoms. The summed E-state index contributed by atoms with van der Waals surface area (Å²) in [6.07, 6.45) is 3.59. The van der Waals surface area contributed by atoms with Gasteiger partial charge in [0, 0.05) is 32.0 Å². The molecule has 1 unspecified atom stereocenters. The minimum atomic E-state index is -1.03. The molecule has 2 aliphatic rings. The van der Waals surface area contributed by atoms with Crippen LogP contribution in [0.3, 0.4) is 0 Å². The molecule has 3 rings (SSSR count). The van der Waals surface area contributed by atoms with E-state index in [0.717, 1.165) is 5.82 Å². The van der Waals surface area contributed by atoms with Crippen molar-refractivity contribution in [3.05, 3.63) is 18.2 Å².